The molecule has 12 heteroatoms. The van der Waals surface area contributed by atoms with Crippen molar-refractivity contribution in [3.63, 3.8) is 0 Å². The molecular formula is C40H76NO10P. The topological polar surface area (TPSA) is 171 Å². The van der Waals surface area contributed by atoms with Crippen LogP contribution in [0.4, 0.5) is 0 Å². The Morgan fingerprint density at radius 3 is 1.42 bits per heavy atom. The van der Waals surface area contributed by atoms with Gasteiger partial charge < -0.3 is 20.2 Å². The Morgan fingerprint density at radius 2 is 1.02 bits per heavy atom. The fraction of sp³-hybridized carbons (Fsp3) is 0.875. The number of phosphoric acid groups is 1. The zero-order valence-corrected chi connectivity index (χ0v) is 33.8. The molecule has 0 saturated heterocycles. The van der Waals surface area contributed by atoms with E-state index in [4.69, 9.17) is 9.63 Å². The van der Waals surface area contributed by atoms with Crippen molar-refractivity contribution in [1.29, 1.82) is 0 Å². The van der Waals surface area contributed by atoms with Crippen LogP contribution in [-0.2, 0) is 28.0 Å². The number of aliphatic carboxylic acids is 1. The zero-order chi connectivity index (χ0) is 38.7. The maximum Gasteiger partial charge on any atom is 0.472 e. The first-order chi connectivity index (χ1) is 25.1. The number of rotatable bonds is 38. The van der Waals surface area contributed by atoms with Crippen molar-refractivity contribution in [3.8, 4) is 0 Å². The SMILES string of the molecule is CCCCCCCCCCCCCCCC=CC(=O)N(C(=O)CCCCCCCCCCCCCCC)[C@@H](COP(=O)(O)OC[C@H](O)CO)C(=O)O. The van der Waals surface area contributed by atoms with Gasteiger partial charge in [-0.05, 0) is 25.3 Å². The lowest BCUT2D eigenvalue weighted by atomic mass is 10.0. The van der Waals surface area contributed by atoms with Gasteiger partial charge in [0.1, 0.15) is 6.10 Å². The molecule has 1 unspecified atom stereocenters. The van der Waals surface area contributed by atoms with Gasteiger partial charge >= 0.3 is 13.8 Å². The summed E-state index contributed by atoms with van der Waals surface area (Å²) in [5.74, 6) is -3.10. The number of carboxylic acids is 1. The van der Waals surface area contributed by atoms with Crippen LogP contribution in [0, 0.1) is 0 Å². The Balaban J connectivity index is 4.88. The van der Waals surface area contributed by atoms with E-state index in [9.17, 15) is 34.1 Å². The van der Waals surface area contributed by atoms with E-state index in [-0.39, 0.29) is 6.42 Å². The summed E-state index contributed by atoms with van der Waals surface area (Å²) in [5, 5.41) is 28.3. The summed E-state index contributed by atoms with van der Waals surface area (Å²) in [6, 6.07) is -1.87. The first-order valence-corrected chi connectivity index (χ1v) is 22.2. The van der Waals surface area contributed by atoms with E-state index in [0.29, 0.717) is 17.7 Å². The van der Waals surface area contributed by atoms with Crippen LogP contribution in [0.1, 0.15) is 194 Å². The number of aliphatic hydroxyl groups is 2. The molecule has 0 heterocycles. The van der Waals surface area contributed by atoms with Crippen LogP contribution >= 0.6 is 7.82 Å². The molecule has 0 fully saturated rings. The van der Waals surface area contributed by atoms with Gasteiger partial charge in [-0.15, -0.1) is 0 Å². The molecule has 0 aromatic heterocycles. The summed E-state index contributed by atoms with van der Waals surface area (Å²) in [7, 11) is -4.86. The Kier molecular flexibility index (Phi) is 34.0. The molecule has 0 aromatic carbocycles. The van der Waals surface area contributed by atoms with E-state index < -0.39 is 57.6 Å². The van der Waals surface area contributed by atoms with Crippen LogP contribution in [0.5, 0.6) is 0 Å². The quantitative estimate of drug-likeness (QED) is 0.0270. The normalized spacial score (nSPS) is 14.0. The van der Waals surface area contributed by atoms with Gasteiger partial charge in [0.25, 0.3) is 5.91 Å². The van der Waals surface area contributed by atoms with Crippen molar-refractivity contribution in [2.24, 2.45) is 0 Å². The molecule has 2 amide bonds. The highest BCUT2D eigenvalue weighted by Gasteiger charge is 2.36. The number of aliphatic hydroxyl groups excluding tert-OH is 2. The number of amides is 2. The summed E-state index contributed by atoms with van der Waals surface area (Å²) in [6.07, 6.45) is 32.4. The summed E-state index contributed by atoms with van der Waals surface area (Å²) in [4.78, 5) is 49.4. The van der Waals surface area contributed by atoms with Crippen molar-refractivity contribution < 1.29 is 48.2 Å². The average molecular weight is 762 g/mol. The number of hydrogen-bond donors (Lipinski definition) is 4. The third-order valence-corrected chi connectivity index (χ3v) is 10.3. The molecule has 0 aliphatic rings. The zero-order valence-electron chi connectivity index (χ0n) is 32.9. The number of hydrogen-bond acceptors (Lipinski definition) is 8. The standard InChI is InChI=1S/C40H76NO10P/c1-3-5-7-9-11-13-15-17-18-20-22-24-26-28-30-32-39(45)41(37(40(46)47)35-51-52(48,49)50-34-36(43)33-42)38(44)31-29-27-25-23-21-19-16-14-12-10-8-6-4-2/h30,32,36-37,42-43H,3-29,31,33-35H2,1-2H3,(H,46,47)(H,48,49)/t36-,37+/m1/s1. The largest absolute Gasteiger partial charge is 0.480 e. The third-order valence-electron chi connectivity index (χ3n) is 9.37. The minimum absolute atomic E-state index is 0.0457. The highest BCUT2D eigenvalue weighted by atomic mass is 31.2. The van der Waals surface area contributed by atoms with Crippen LogP contribution in [0.2, 0.25) is 0 Å². The molecule has 11 nitrogen and oxygen atoms in total. The van der Waals surface area contributed by atoms with E-state index in [1.54, 1.807) is 6.08 Å². The minimum Gasteiger partial charge on any atom is -0.480 e. The van der Waals surface area contributed by atoms with Crippen LogP contribution in [-0.4, -0.2) is 74.9 Å². The number of carbonyl (C=O) groups is 3. The average Bonchev–Trinajstić information content (AvgIpc) is 3.12. The Hall–Kier alpha value is -1.62. The van der Waals surface area contributed by atoms with Crippen LogP contribution in [0.3, 0.4) is 0 Å². The molecule has 0 rings (SSSR count). The Bertz CT molecular complexity index is 963. The van der Waals surface area contributed by atoms with E-state index >= 15 is 0 Å². The van der Waals surface area contributed by atoms with Gasteiger partial charge in [0, 0.05) is 6.42 Å². The molecule has 52 heavy (non-hydrogen) atoms. The van der Waals surface area contributed by atoms with Gasteiger partial charge in [0.15, 0.2) is 6.04 Å². The molecule has 0 aliphatic heterocycles. The maximum atomic E-state index is 13.3. The smallest absolute Gasteiger partial charge is 0.472 e. The second-order valence-electron chi connectivity index (χ2n) is 14.3. The van der Waals surface area contributed by atoms with Crippen LogP contribution in [0.25, 0.3) is 0 Å². The highest BCUT2D eigenvalue weighted by molar-refractivity contribution is 7.47. The van der Waals surface area contributed by atoms with Crippen molar-refractivity contribution in [2.75, 3.05) is 19.8 Å². The number of allylic oxidation sites excluding steroid dienone is 1. The third kappa shape index (κ3) is 29.8. The number of nitrogens with zero attached hydrogens (tertiary/aromatic N) is 1. The van der Waals surface area contributed by atoms with Gasteiger partial charge in [0.2, 0.25) is 5.91 Å². The molecule has 0 radical (unpaired) electrons. The molecular weight excluding hydrogens is 685 g/mol. The number of imide groups is 1. The van der Waals surface area contributed by atoms with Gasteiger partial charge in [-0.25, -0.2) is 9.36 Å². The van der Waals surface area contributed by atoms with Gasteiger partial charge in [-0.2, -0.15) is 0 Å². The maximum absolute atomic E-state index is 13.3. The second kappa shape index (κ2) is 35.1. The van der Waals surface area contributed by atoms with Gasteiger partial charge in [-0.3, -0.25) is 23.5 Å². The molecule has 0 aromatic rings. The van der Waals surface area contributed by atoms with Gasteiger partial charge in [0.05, 0.1) is 19.8 Å². The van der Waals surface area contributed by atoms with Gasteiger partial charge in [-0.1, -0.05) is 174 Å². The number of phosphoric ester groups is 1. The molecule has 0 bridgehead atoms. The first kappa shape index (κ1) is 50.4. The first-order valence-electron chi connectivity index (χ1n) is 20.8. The molecule has 4 N–H and O–H groups in total. The van der Waals surface area contributed by atoms with E-state index in [0.717, 1.165) is 44.9 Å². The number of carboxylic acid groups (broad SMARTS) is 1. The molecule has 306 valence electrons. The Labute approximate surface area is 315 Å². The predicted molar refractivity (Wildman–Crippen MR) is 208 cm³/mol. The number of unbranched alkanes of at least 4 members (excludes halogenated alkanes) is 25. The van der Waals surface area contributed by atoms with Crippen molar-refractivity contribution >= 4 is 25.6 Å². The van der Waals surface area contributed by atoms with Crippen molar-refractivity contribution in [2.45, 2.75) is 206 Å². The van der Waals surface area contributed by atoms with Crippen molar-refractivity contribution in [1.82, 2.24) is 4.90 Å². The predicted octanol–water partition coefficient (Wildman–Crippen LogP) is 9.80. The van der Waals surface area contributed by atoms with Crippen LogP contribution < -0.4 is 0 Å². The number of carbonyl (C=O) groups excluding carboxylic acids is 2. The van der Waals surface area contributed by atoms with Crippen LogP contribution in [0.15, 0.2) is 12.2 Å². The molecule has 0 saturated carbocycles. The lowest BCUT2D eigenvalue weighted by Crippen LogP contribution is -2.50. The second-order valence-corrected chi connectivity index (χ2v) is 15.7. The molecule has 0 spiro atoms. The monoisotopic (exact) mass is 762 g/mol. The fourth-order valence-electron chi connectivity index (χ4n) is 6.10. The fourth-order valence-corrected chi connectivity index (χ4v) is 6.86. The van der Waals surface area contributed by atoms with E-state index in [2.05, 4.69) is 18.4 Å². The highest BCUT2D eigenvalue weighted by Crippen LogP contribution is 2.43. The Morgan fingerprint density at radius 1 is 0.635 bits per heavy atom. The lowest BCUT2D eigenvalue weighted by Gasteiger charge is -2.27. The summed E-state index contributed by atoms with van der Waals surface area (Å²) in [5.41, 5.74) is 0. The molecule has 0 aliphatic carbocycles. The molecule has 3 atom stereocenters. The van der Waals surface area contributed by atoms with Crippen molar-refractivity contribution in [3.05, 3.63) is 12.2 Å². The van der Waals surface area contributed by atoms with E-state index in [1.165, 1.54) is 122 Å². The lowest BCUT2D eigenvalue weighted by molar-refractivity contribution is -0.157. The summed E-state index contributed by atoms with van der Waals surface area (Å²) in [6.45, 7) is 2.02. The summed E-state index contributed by atoms with van der Waals surface area (Å²) < 4.78 is 21.7. The minimum atomic E-state index is -4.86. The van der Waals surface area contributed by atoms with E-state index in [1.807, 2.05) is 0 Å². The summed E-state index contributed by atoms with van der Waals surface area (Å²) >= 11 is 0.